The number of aromatic nitrogens is 2. The van der Waals surface area contributed by atoms with Crippen LogP contribution >= 0.6 is 12.4 Å². The molecule has 2 rings (SSSR count). The largest absolute Gasteiger partial charge is 0.398 e. The Hall–Kier alpha value is -1.75. The SMILES string of the molecule is Cl.Nc1nc(N)c2c(N)cccc2n1. The van der Waals surface area contributed by atoms with Gasteiger partial charge >= 0.3 is 0 Å². The third-order valence-electron chi connectivity index (χ3n) is 1.80. The second-order valence-electron chi connectivity index (χ2n) is 2.71. The number of hydrogen-bond donors (Lipinski definition) is 3. The number of nitrogen functional groups attached to an aromatic ring is 3. The van der Waals surface area contributed by atoms with Crippen molar-refractivity contribution in [3.63, 3.8) is 0 Å². The van der Waals surface area contributed by atoms with E-state index in [2.05, 4.69) is 9.97 Å². The maximum Gasteiger partial charge on any atom is 0.222 e. The Labute approximate surface area is 86.7 Å². The van der Waals surface area contributed by atoms with E-state index in [9.17, 15) is 0 Å². The van der Waals surface area contributed by atoms with Gasteiger partial charge < -0.3 is 17.2 Å². The Balaban J connectivity index is 0.000000980. The van der Waals surface area contributed by atoms with E-state index in [0.717, 1.165) is 0 Å². The molecular weight excluding hydrogens is 202 g/mol. The van der Waals surface area contributed by atoms with Crippen molar-refractivity contribution in [1.29, 1.82) is 0 Å². The first-order valence-electron chi connectivity index (χ1n) is 3.75. The molecule has 2 aromatic rings. The first-order valence-corrected chi connectivity index (χ1v) is 3.75. The summed E-state index contributed by atoms with van der Waals surface area (Å²) in [6, 6.07) is 5.34. The summed E-state index contributed by atoms with van der Waals surface area (Å²) in [4.78, 5) is 7.83. The topological polar surface area (TPSA) is 104 Å². The fraction of sp³-hybridized carbons (Fsp3) is 0. The van der Waals surface area contributed by atoms with Crippen molar-refractivity contribution in [2.75, 3.05) is 17.2 Å². The van der Waals surface area contributed by atoms with Crippen molar-refractivity contribution in [2.24, 2.45) is 0 Å². The number of rotatable bonds is 0. The molecule has 0 aliphatic carbocycles. The van der Waals surface area contributed by atoms with Gasteiger partial charge in [-0.05, 0) is 12.1 Å². The van der Waals surface area contributed by atoms with Gasteiger partial charge in [-0.3, -0.25) is 0 Å². The van der Waals surface area contributed by atoms with Crippen LogP contribution in [0.25, 0.3) is 10.9 Å². The van der Waals surface area contributed by atoms with Crippen LogP contribution in [0.3, 0.4) is 0 Å². The van der Waals surface area contributed by atoms with Crippen LogP contribution in [0.2, 0.25) is 0 Å². The van der Waals surface area contributed by atoms with Gasteiger partial charge in [0, 0.05) is 5.69 Å². The summed E-state index contributed by atoms with van der Waals surface area (Å²) < 4.78 is 0. The van der Waals surface area contributed by atoms with Crippen molar-refractivity contribution in [2.45, 2.75) is 0 Å². The van der Waals surface area contributed by atoms with Crippen LogP contribution < -0.4 is 17.2 Å². The zero-order valence-corrected chi connectivity index (χ0v) is 8.08. The molecular formula is C8H10ClN5. The van der Waals surface area contributed by atoms with E-state index in [0.29, 0.717) is 22.4 Å². The van der Waals surface area contributed by atoms with Gasteiger partial charge in [0.25, 0.3) is 0 Å². The van der Waals surface area contributed by atoms with Gasteiger partial charge in [-0.2, -0.15) is 4.98 Å². The van der Waals surface area contributed by atoms with Crippen LogP contribution in [-0.4, -0.2) is 9.97 Å². The highest BCUT2D eigenvalue weighted by molar-refractivity contribution is 5.98. The Bertz CT molecular complexity index is 470. The van der Waals surface area contributed by atoms with Crippen LogP contribution in [0.5, 0.6) is 0 Å². The van der Waals surface area contributed by atoms with E-state index in [4.69, 9.17) is 17.2 Å². The molecule has 0 unspecified atom stereocenters. The lowest BCUT2D eigenvalue weighted by molar-refractivity contribution is 1.25. The molecule has 0 spiro atoms. The van der Waals surface area contributed by atoms with Crippen LogP contribution in [0.1, 0.15) is 0 Å². The highest BCUT2D eigenvalue weighted by atomic mass is 35.5. The molecule has 0 atom stereocenters. The van der Waals surface area contributed by atoms with E-state index < -0.39 is 0 Å². The minimum Gasteiger partial charge on any atom is -0.398 e. The molecule has 1 aromatic carbocycles. The normalized spacial score (nSPS) is 9.71. The number of fused-ring (bicyclic) bond motifs is 1. The van der Waals surface area contributed by atoms with Crippen molar-refractivity contribution in [1.82, 2.24) is 9.97 Å². The lowest BCUT2D eigenvalue weighted by Gasteiger charge is -2.03. The summed E-state index contributed by atoms with van der Waals surface area (Å²) in [6.07, 6.45) is 0. The minimum atomic E-state index is 0. The number of nitrogens with zero attached hydrogens (tertiary/aromatic N) is 2. The van der Waals surface area contributed by atoms with Gasteiger partial charge in [0.15, 0.2) is 0 Å². The highest BCUT2D eigenvalue weighted by Crippen LogP contribution is 2.24. The number of benzene rings is 1. The van der Waals surface area contributed by atoms with E-state index >= 15 is 0 Å². The molecule has 5 nitrogen and oxygen atoms in total. The van der Waals surface area contributed by atoms with Crippen LogP contribution in [0.15, 0.2) is 18.2 Å². The molecule has 74 valence electrons. The third kappa shape index (κ3) is 1.49. The van der Waals surface area contributed by atoms with Gasteiger partial charge in [0.1, 0.15) is 5.82 Å². The third-order valence-corrected chi connectivity index (χ3v) is 1.80. The summed E-state index contributed by atoms with van der Waals surface area (Å²) in [5.41, 5.74) is 18.0. The predicted octanol–water partition coefficient (Wildman–Crippen LogP) is 0.798. The number of anilines is 3. The number of hydrogen-bond acceptors (Lipinski definition) is 5. The standard InChI is InChI=1S/C8H9N5.ClH/c9-4-2-1-3-5-6(4)7(10)13-8(11)12-5;/h1-3H,9H2,(H4,10,11,12,13);1H. The summed E-state index contributed by atoms with van der Waals surface area (Å²) in [6.45, 7) is 0. The smallest absolute Gasteiger partial charge is 0.222 e. The number of halogens is 1. The molecule has 1 heterocycles. The van der Waals surface area contributed by atoms with Crippen molar-refractivity contribution < 1.29 is 0 Å². The Morgan fingerprint density at radius 1 is 1.00 bits per heavy atom. The summed E-state index contributed by atoms with van der Waals surface area (Å²) >= 11 is 0. The molecule has 6 N–H and O–H groups in total. The van der Waals surface area contributed by atoms with Gasteiger partial charge in [-0.25, -0.2) is 4.98 Å². The lowest BCUT2D eigenvalue weighted by atomic mass is 10.2. The molecule has 14 heavy (non-hydrogen) atoms. The van der Waals surface area contributed by atoms with Gasteiger partial charge in [0.2, 0.25) is 5.95 Å². The molecule has 0 saturated heterocycles. The van der Waals surface area contributed by atoms with E-state index in [1.54, 1.807) is 18.2 Å². The van der Waals surface area contributed by atoms with E-state index in [-0.39, 0.29) is 18.4 Å². The first-order chi connectivity index (χ1) is 6.18. The van der Waals surface area contributed by atoms with Crippen molar-refractivity contribution >= 4 is 40.8 Å². The summed E-state index contributed by atoms with van der Waals surface area (Å²) in [5, 5.41) is 0.664. The minimum absolute atomic E-state index is 0. The summed E-state index contributed by atoms with van der Waals surface area (Å²) in [5.74, 6) is 0.483. The average molecular weight is 212 g/mol. The van der Waals surface area contributed by atoms with Crippen LogP contribution in [-0.2, 0) is 0 Å². The Morgan fingerprint density at radius 2 is 1.71 bits per heavy atom. The zero-order chi connectivity index (χ0) is 9.42. The fourth-order valence-corrected chi connectivity index (χ4v) is 1.26. The fourth-order valence-electron chi connectivity index (χ4n) is 1.26. The molecule has 0 radical (unpaired) electrons. The second kappa shape index (κ2) is 3.55. The van der Waals surface area contributed by atoms with Crippen LogP contribution in [0, 0.1) is 0 Å². The van der Waals surface area contributed by atoms with Crippen molar-refractivity contribution in [3.8, 4) is 0 Å². The maximum absolute atomic E-state index is 5.71. The van der Waals surface area contributed by atoms with Gasteiger partial charge in [0.05, 0.1) is 10.9 Å². The van der Waals surface area contributed by atoms with E-state index in [1.165, 1.54) is 0 Å². The zero-order valence-electron chi connectivity index (χ0n) is 7.27. The molecule has 0 amide bonds. The molecule has 6 heteroatoms. The molecule has 0 bridgehead atoms. The molecule has 0 fully saturated rings. The predicted molar refractivity (Wildman–Crippen MR) is 60.0 cm³/mol. The number of nitrogens with two attached hydrogens (primary N) is 3. The lowest BCUT2D eigenvalue weighted by Crippen LogP contribution is -2.02. The molecule has 0 aliphatic heterocycles. The Morgan fingerprint density at radius 3 is 2.43 bits per heavy atom. The average Bonchev–Trinajstić information content (AvgIpc) is 2.02. The van der Waals surface area contributed by atoms with Gasteiger partial charge in [-0.1, -0.05) is 6.07 Å². The molecule has 0 saturated carbocycles. The highest BCUT2D eigenvalue weighted by Gasteiger charge is 2.04. The molecule has 0 aliphatic rings. The van der Waals surface area contributed by atoms with Crippen LogP contribution in [0.4, 0.5) is 17.5 Å². The van der Waals surface area contributed by atoms with E-state index in [1.807, 2.05) is 0 Å². The van der Waals surface area contributed by atoms with Gasteiger partial charge in [-0.15, -0.1) is 12.4 Å². The quantitative estimate of drug-likeness (QED) is 0.559. The Kier molecular flexibility index (Phi) is 2.62. The van der Waals surface area contributed by atoms with Crippen molar-refractivity contribution in [3.05, 3.63) is 18.2 Å². The first kappa shape index (κ1) is 10.3. The monoisotopic (exact) mass is 211 g/mol. The second-order valence-corrected chi connectivity index (χ2v) is 2.71. The summed E-state index contributed by atoms with van der Waals surface area (Å²) in [7, 11) is 0. The maximum atomic E-state index is 5.71. The molecule has 1 aromatic heterocycles.